The van der Waals surface area contributed by atoms with Crippen molar-refractivity contribution in [2.24, 2.45) is 0 Å². The van der Waals surface area contributed by atoms with Crippen LogP contribution in [0.4, 0.5) is 0 Å². The van der Waals surface area contributed by atoms with Crippen LogP contribution in [0.25, 0.3) is 0 Å². The van der Waals surface area contributed by atoms with Crippen LogP contribution in [0.15, 0.2) is 113 Å². The van der Waals surface area contributed by atoms with Gasteiger partial charge in [-0.25, -0.2) is 0 Å². The number of benzene rings is 3. The maximum atomic E-state index is 11.7. The number of hydrogen-bond donors (Lipinski definition) is 2. The van der Waals surface area contributed by atoms with E-state index in [0.717, 1.165) is 49.8 Å². The molecular formula is C33H39NO3S. The summed E-state index contributed by atoms with van der Waals surface area (Å²) in [6, 6.07) is 27.4. The van der Waals surface area contributed by atoms with Gasteiger partial charge in [-0.2, -0.15) is 8.42 Å². The van der Waals surface area contributed by atoms with Crippen molar-refractivity contribution in [1.29, 1.82) is 0 Å². The van der Waals surface area contributed by atoms with Crippen LogP contribution in [0.3, 0.4) is 0 Å². The van der Waals surface area contributed by atoms with Crippen molar-refractivity contribution >= 4 is 10.1 Å². The normalized spacial score (nSPS) is 16.6. The van der Waals surface area contributed by atoms with Gasteiger partial charge in [0.15, 0.2) is 0 Å². The van der Waals surface area contributed by atoms with E-state index < -0.39 is 15.7 Å². The Bertz CT molecular complexity index is 1380. The molecule has 0 heterocycles. The van der Waals surface area contributed by atoms with Crippen LogP contribution in [0, 0.1) is 0 Å². The van der Waals surface area contributed by atoms with E-state index in [2.05, 4.69) is 68.6 Å². The zero-order chi connectivity index (χ0) is 27.2. The second kappa shape index (κ2) is 12.2. The molecule has 0 unspecified atom stereocenters. The summed E-state index contributed by atoms with van der Waals surface area (Å²) in [5, 5.41) is 3.91. The predicted molar refractivity (Wildman–Crippen MR) is 156 cm³/mol. The fraction of sp³-hybridized carbons (Fsp3) is 0.333. The fourth-order valence-electron chi connectivity index (χ4n) is 5.54. The minimum absolute atomic E-state index is 0.0849. The lowest BCUT2D eigenvalue weighted by atomic mass is 9.72. The third kappa shape index (κ3) is 6.71. The number of rotatable bonds is 11. The molecule has 200 valence electrons. The highest BCUT2D eigenvalue weighted by Crippen LogP contribution is 2.42. The molecule has 1 aliphatic carbocycles. The lowest BCUT2D eigenvalue weighted by molar-refractivity contribution is 0.321. The Labute approximate surface area is 228 Å². The molecule has 0 saturated carbocycles. The number of hydrogen-bond acceptors (Lipinski definition) is 3. The van der Waals surface area contributed by atoms with Crippen LogP contribution in [0.5, 0.6) is 0 Å². The van der Waals surface area contributed by atoms with E-state index in [-0.39, 0.29) is 10.8 Å². The first-order valence-electron chi connectivity index (χ1n) is 13.4. The summed E-state index contributed by atoms with van der Waals surface area (Å²) in [6.45, 7) is 7.58. The van der Waals surface area contributed by atoms with Crippen LogP contribution >= 0.6 is 0 Å². The third-order valence-electron chi connectivity index (χ3n) is 7.93. The van der Waals surface area contributed by atoms with Crippen molar-refractivity contribution < 1.29 is 13.0 Å². The molecule has 4 nitrogen and oxygen atoms in total. The highest BCUT2D eigenvalue weighted by Gasteiger charge is 2.37. The largest absolute Gasteiger partial charge is 0.307 e. The quantitative estimate of drug-likeness (QED) is 0.151. The third-order valence-corrected chi connectivity index (χ3v) is 8.80. The van der Waals surface area contributed by atoms with Gasteiger partial charge in [0.05, 0.1) is 10.4 Å². The average Bonchev–Trinajstić information content (AvgIpc) is 2.91. The summed E-state index contributed by atoms with van der Waals surface area (Å²) in [6.07, 6.45) is 7.93. The van der Waals surface area contributed by atoms with Gasteiger partial charge in [0.25, 0.3) is 10.1 Å². The summed E-state index contributed by atoms with van der Waals surface area (Å²) in [7, 11) is -4.26. The first-order chi connectivity index (χ1) is 18.2. The standard InChI is InChI=1S/C33H39NO3S/c1-25-17-18-27(24-26(25)2)12-10-11-23-34-33(3,30-15-8-5-9-16-30)32(28-13-6-4-7-14-28)29-19-21-31(22-20-29)38(35,36)37/h4-9,13-16,18-22,32,34H,10-12,17,23-24H2,1-3H3,(H,35,36,37)/t32-,33+/m0/s1. The Morgan fingerprint density at radius 1 is 0.842 bits per heavy atom. The predicted octanol–water partition coefficient (Wildman–Crippen LogP) is 7.80. The molecule has 38 heavy (non-hydrogen) atoms. The van der Waals surface area contributed by atoms with Crippen molar-refractivity contribution in [2.75, 3.05) is 6.54 Å². The molecular weight excluding hydrogens is 490 g/mol. The van der Waals surface area contributed by atoms with Gasteiger partial charge in [0, 0.05) is 5.92 Å². The Hall–Kier alpha value is -2.99. The summed E-state index contributed by atoms with van der Waals surface area (Å²) < 4.78 is 32.9. The van der Waals surface area contributed by atoms with Gasteiger partial charge in [-0.1, -0.05) is 95.6 Å². The Morgan fingerprint density at radius 3 is 2.05 bits per heavy atom. The molecule has 2 atom stereocenters. The molecule has 0 saturated heterocycles. The zero-order valence-corrected chi connectivity index (χ0v) is 23.5. The Kier molecular flexibility index (Phi) is 9.03. The molecule has 0 spiro atoms. The SMILES string of the molecule is CC1=C(C)CC(CCCCN[C@](C)(c2ccccc2)[C@@H](c2ccccc2)c2ccc(S(=O)(=O)O)cc2)=CC1. The monoisotopic (exact) mass is 529 g/mol. The summed E-state index contributed by atoms with van der Waals surface area (Å²) in [5.41, 5.74) is 7.40. The van der Waals surface area contributed by atoms with Crippen molar-refractivity contribution in [1.82, 2.24) is 5.32 Å². The van der Waals surface area contributed by atoms with E-state index in [0.29, 0.717) is 0 Å². The zero-order valence-electron chi connectivity index (χ0n) is 22.7. The number of unbranched alkanes of at least 4 members (excludes halogenated alkanes) is 1. The van der Waals surface area contributed by atoms with Crippen molar-refractivity contribution in [2.45, 2.75) is 69.2 Å². The van der Waals surface area contributed by atoms with Gasteiger partial charge < -0.3 is 5.32 Å². The number of allylic oxidation sites excluding steroid dienone is 4. The fourth-order valence-corrected chi connectivity index (χ4v) is 6.02. The number of nitrogens with one attached hydrogen (secondary N) is 1. The molecule has 0 aliphatic heterocycles. The minimum Gasteiger partial charge on any atom is -0.307 e. The molecule has 0 radical (unpaired) electrons. The lowest BCUT2D eigenvalue weighted by Gasteiger charge is -2.40. The molecule has 5 heteroatoms. The highest BCUT2D eigenvalue weighted by molar-refractivity contribution is 7.85. The molecule has 0 amide bonds. The summed E-state index contributed by atoms with van der Waals surface area (Å²) in [4.78, 5) is -0.0975. The van der Waals surface area contributed by atoms with E-state index in [1.54, 1.807) is 5.57 Å². The average molecular weight is 530 g/mol. The smallest absolute Gasteiger partial charge is 0.294 e. The molecule has 4 rings (SSSR count). The van der Waals surface area contributed by atoms with Gasteiger partial charge in [-0.3, -0.25) is 4.55 Å². The van der Waals surface area contributed by atoms with E-state index >= 15 is 0 Å². The summed E-state index contributed by atoms with van der Waals surface area (Å²) in [5.74, 6) is -0.0849. The molecule has 0 aromatic heterocycles. The van der Waals surface area contributed by atoms with Crippen molar-refractivity contribution in [3.63, 3.8) is 0 Å². The van der Waals surface area contributed by atoms with E-state index in [1.165, 1.54) is 28.8 Å². The second-order valence-electron chi connectivity index (χ2n) is 10.6. The van der Waals surface area contributed by atoms with Crippen LogP contribution < -0.4 is 5.32 Å². The molecule has 1 aliphatic rings. The van der Waals surface area contributed by atoms with Crippen molar-refractivity contribution in [3.05, 3.63) is 124 Å². The van der Waals surface area contributed by atoms with Gasteiger partial charge in [-0.15, -0.1) is 0 Å². The van der Waals surface area contributed by atoms with Gasteiger partial charge in [0.1, 0.15) is 0 Å². The lowest BCUT2D eigenvalue weighted by Crippen LogP contribution is -2.45. The second-order valence-corrected chi connectivity index (χ2v) is 12.1. The Balaban J connectivity index is 1.59. The molecule has 0 bridgehead atoms. The molecule has 3 aromatic carbocycles. The van der Waals surface area contributed by atoms with Crippen LogP contribution in [-0.2, 0) is 15.7 Å². The van der Waals surface area contributed by atoms with Gasteiger partial charge in [0.2, 0.25) is 0 Å². The van der Waals surface area contributed by atoms with Crippen LogP contribution in [0.1, 0.15) is 75.5 Å². The maximum Gasteiger partial charge on any atom is 0.294 e. The van der Waals surface area contributed by atoms with Crippen molar-refractivity contribution in [3.8, 4) is 0 Å². The van der Waals surface area contributed by atoms with Gasteiger partial charge >= 0.3 is 0 Å². The first kappa shape index (κ1) is 28.0. The molecule has 0 fully saturated rings. The van der Waals surface area contributed by atoms with E-state index in [9.17, 15) is 13.0 Å². The van der Waals surface area contributed by atoms with E-state index in [1.807, 2.05) is 36.4 Å². The van der Waals surface area contributed by atoms with Crippen LogP contribution in [-0.4, -0.2) is 19.5 Å². The molecule has 2 N–H and O–H groups in total. The molecule has 3 aromatic rings. The summed E-state index contributed by atoms with van der Waals surface area (Å²) >= 11 is 0. The minimum atomic E-state index is -4.26. The Morgan fingerprint density at radius 2 is 1.45 bits per heavy atom. The first-order valence-corrected chi connectivity index (χ1v) is 14.9. The highest BCUT2D eigenvalue weighted by atomic mass is 32.2. The maximum absolute atomic E-state index is 11.7. The topological polar surface area (TPSA) is 66.4 Å². The van der Waals surface area contributed by atoms with Crippen LogP contribution in [0.2, 0.25) is 0 Å². The van der Waals surface area contributed by atoms with Gasteiger partial charge in [-0.05, 0) is 88.2 Å². The van der Waals surface area contributed by atoms with E-state index in [4.69, 9.17) is 0 Å².